The Kier molecular flexibility index (Phi) is 3.79. The first kappa shape index (κ1) is 12.1. The SMILES string of the molecule is CC(CCO)NC(=O)C1Cc2ccccc2C1. The summed E-state index contributed by atoms with van der Waals surface area (Å²) >= 11 is 0. The molecule has 92 valence electrons. The molecule has 1 unspecified atom stereocenters. The van der Waals surface area contributed by atoms with Crippen molar-refractivity contribution >= 4 is 5.91 Å². The molecule has 2 rings (SSSR count). The van der Waals surface area contributed by atoms with Crippen molar-refractivity contribution in [1.82, 2.24) is 5.32 Å². The van der Waals surface area contributed by atoms with Crippen LogP contribution in [-0.4, -0.2) is 23.7 Å². The summed E-state index contributed by atoms with van der Waals surface area (Å²) in [6, 6.07) is 8.29. The van der Waals surface area contributed by atoms with Gasteiger partial charge in [-0.25, -0.2) is 0 Å². The third-order valence-corrected chi connectivity index (χ3v) is 3.37. The maximum absolute atomic E-state index is 12.0. The van der Waals surface area contributed by atoms with Gasteiger partial charge in [-0.15, -0.1) is 0 Å². The molecule has 2 N–H and O–H groups in total. The largest absolute Gasteiger partial charge is 0.396 e. The van der Waals surface area contributed by atoms with Crippen LogP contribution in [0.4, 0.5) is 0 Å². The van der Waals surface area contributed by atoms with Gasteiger partial charge in [0.15, 0.2) is 0 Å². The predicted molar refractivity (Wildman–Crippen MR) is 66.6 cm³/mol. The van der Waals surface area contributed by atoms with Crippen LogP contribution in [0.3, 0.4) is 0 Å². The average Bonchev–Trinajstić information content (AvgIpc) is 2.72. The molecule has 1 aromatic rings. The molecule has 3 heteroatoms. The predicted octanol–water partition coefficient (Wildman–Crippen LogP) is 1.29. The van der Waals surface area contributed by atoms with Crippen LogP contribution in [0.1, 0.15) is 24.5 Å². The lowest BCUT2D eigenvalue weighted by Gasteiger charge is -2.15. The standard InChI is InChI=1S/C14H19NO2/c1-10(6-7-16)15-14(17)13-8-11-4-2-3-5-12(11)9-13/h2-5,10,13,16H,6-9H2,1H3,(H,15,17). The van der Waals surface area contributed by atoms with Crippen molar-refractivity contribution in [3.05, 3.63) is 35.4 Å². The molecule has 0 heterocycles. The topological polar surface area (TPSA) is 49.3 Å². The van der Waals surface area contributed by atoms with Gasteiger partial charge in [-0.2, -0.15) is 0 Å². The van der Waals surface area contributed by atoms with E-state index in [9.17, 15) is 4.79 Å². The molecule has 17 heavy (non-hydrogen) atoms. The lowest BCUT2D eigenvalue weighted by molar-refractivity contribution is -0.125. The van der Waals surface area contributed by atoms with Crippen LogP contribution >= 0.6 is 0 Å². The summed E-state index contributed by atoms with van der Waals surface area (Å²) in [5.74, 6) is 0.177. The molecule has 0 bridgehead atoms. The zero-order chi connectivity index (χ0) is 12.3. The highest BCUT2D eigenvalue weighted by Crippen LogP contribution is 2.26. The normalized spacial score (nSPS) is 16.6. The quantitative estimate of drug-likeness (QED) is 0.823. The van der Waals surface area contributed by atoms with Gasteiger partial charge in [-0.3, -0.25) is 4.79 Å². The van der Waals surface area contributed by atoms with Gasteiger partial charge in [-0.05, 0) is 37.3 Å². The number of nitrogens with one attached hydrogen (secondary N) is 1. The third-order valence-electron chi connectivity index (χ3n) is 3.37. The van der Waals surface area contributed by atoms with Crippen LogP contribution in [0.2, 0.25) is 0 Å². The minimum Gasteiger partial charge on any atom is -0.396 e. The molecule has 0 radical (unpaired) electrons. The molecule has 0 saturated heterocycles. The fourth-order valence-corrected chi connectivity index (χ4v) is 2.37. The molecule has 1 aliphatic carbocycles. The Morgan fingerprint density at radius 3 is 2.53 bits per heavy atom. The van der Waals surface area contributed by atoms with E-state index < -0.39 is 0 Å². The van der Waals surface area contributed by atoms with E-state index in [1.54, 1.807) is 0 Å². The molecule has 1 aromatic carbocycles. The summed E-state index contributed by atoms with van der Waals surface area (Å²) in [7, 11) is 0. The number of benzene rings is 1. The molecule has 1 aliphatic rings. The van der Waals surface area contributed by atoms with Crippen LogP contribution in [-0.2, 0) is 17.6 Å². The first-order valence-electron chi connectivity index (χ1n) is 6.18. The molecule has 1 amide bonds. The Morgan fingerprint density at radius 2 is 2.00 bits per heavy atom. The van der Waals surface area contributed by atoms with Crippen molar-refractivity contribution in [2.24, 2.45) is 5.92 Å². The van der Waals surface area contributed by atoms with Crippen molar-refractivity contribution in [1.29, 1.82) is 0 Å². The zero-order valence-corrected chi connectivity index (χ0v) is 10.1. The Labute approximate surface area is 102 Å². The van der Waals surface area contributed by atoms with Crippen LogP contribution in [0.5, 0.6) is 0 Å². The summed E-state index contributed by atoms with van der Waals surface area (Å²) < 4.78 is 0. The summed E-state index contributed by atoms with van der Waals surface area (Å²) in [4.78, 5) is 12.0. The van der Waals surface area contributed by atoms with E-state index in [1.165, 1.54) is 11.1 Å². The molecule has 0 saturated carbocycles. The average molecular weight is 233 g/mol. The number of fused-ring (bicyclic) bond motifs is 1. The number of aliphatic hydroxyl groups is 1. The van der Waals surface area contributed by atoms with E-state index in [4.69, 9.17) is 5.11 Å². The number of aliphatic hydroxyl groups excluding tert-OH is 1. The Balaban J connectivity index is 1.92. The van der Waals surface area contributed by atoms with E-state index in [1.807, 2.05) is 19.1 Å². The van der Waals surface area contributed by atoms with E-state index in [0.717, 1.165) is 12.8 Å². The number of carbonyl (C=O) groups excluding carboxylic acids is 1. The van der Waals surface area contributed by atoms with Gasteiger partial charge in [0, 0.05) is 18.6 Å². The summed E-state index contributed by atoms with van der Waals surface area (Å²) in [5.41, 5.74) is 2.59. The first-order valence-corrected chi connectivity index (χ1v) is 6.18. The fraction of sp³-hybridized carbons (Fsp3) is 0.500. The van der Waals surface area contributed by atoms with Gasteiger partial charge < -0.3 is 10.4 Å². The summed E-state index contributed by atoms with van der Waals surface area (Å²) in [5, 5.41) is 11.8. The third kappa shape index (κ3) is 2.86. The zero-order valence-electron chi connectivity index (χ0n) is 10.1. The molecule has 1 atom stereocenters. The Morgan fingerprint density at radius 1 is 1.41 bits per heavy atom. The van der Waals surface area contributed by atoms with Gasteiger partial charge in [-0.1, -0.05) is 24.3 Å². The second-order valence-electron chi connectivity index (χ2n) is 4.80. The lowest BCUT2D eigenvalue weighted by Crippen LogP contribution is -2.38. The van der Waals surface area contributed by atoms with Crippen molar-refractivity contribution in [2.45, 2.75) is 32.2 Å². The van der Waals surface area contributed by atoms with E-state index in [2.05, 4.69) is 17.4 Å². The number of hydrogen-bond acceptors (Lipinski definition) is 2. The fourth-order valence-electron chi connectivity index (χ4n) is 2.37. The summed E-state index contributed by atoms with van der Waals surface area (Å²) in [6.07, 6.45) is 2.30. The maximum atomic E-state index is 12.0. The second kappa shape index (κ2) is 5.32. The Bertz CT molecular complexity index is 378. The highest BCUT2D eigenvalue weighted by Gasteiger charge is 2.27. The molecule has 0 aliphatic heterocycles. The molecular weight excluding hydrogens is 214 g/mol. The van der Waals surface area contributed by atoms with Crippen molar-refractivity contribution in [2.75, 3.05) is 6.61 Å². The van der Waals surface area contributed by atoms with Gasteiger partial charge in [0.2, 0.25) is 5.91 Å². The number of carbonyl (C=O) groups is 1. The molecule has 0 aromatic heterocycles. The molecule has 0 spiro atoms. The van der Waals surface area contributed by atoms with E-state index >= 15 is 0 Å². The highest BCUT2D eigenvalue weighted by molar-refractivity contribution is 5.80. The van der Waals surface area contributed by atoms with Crippen molar-refractivity contribution in [3.63, 3.8) is 0 Å². The first-order chi connectivity index (χ1) is 8.20. The minimum absolute atomic E-state index is 0.0520. The van der Waals surface area contributed by atoms with Crippen LogP contribution in [0.15, 0.2) is 24.3 Å². The maximum Gasteiger partial charge on any atom is 0.223 e. The minimum atomic E-state index is 0.0520. The van der Waals surface area contributed by atoms with Gasteiger partial charge in [0.05, 0.1) is 0 Å². The molecule has 0 fully saturated rings. The van der Waals surface area contributed by atoms with Gasteiger partial charge >= 0.3 is 0 Å². The van der Waals surface area contributed by atoms with E-state index in [-0.39, 0.29) is 24.5 Å². The second-order valence-corrected chi connectivity index (χ2v) is 4.80. The lowest BCUT2D eigenvalue weighted by atomic mass is 10.0. The molecule has 3 nitrogen and oxygen atoms in total. The summed E-state index contributed by atoms with van der Waals surface area (Å²) in [6.45, 7) is 2.04. The van der Waals surface area contributed by atoms with Gasteiger partial charge in [0.1, 0.15) is 0 Å². The Hall–Kier alpha value is -1.35. The van der Waals surface area contributed by atoms with Crippen molar-refractivity contribution < 1.29 is 9.90 Å². The van der Waals surface area contributed by atoms with Crippen LogP contribution < -0.4 is 5.32 Å². The van der Waals surface area contributed by atoms with Crippen LogP contribution in [0.25, 0.3) is 0 Å². The number of hydrogen-bond donors (Lipinski definition) is 2. The molecular formula is C14H19NO2. The highest BCUT2D eigenvalue weighted by atomic mass is 16.3. The smallest absolute Gasteiger partial charge is 0.223 e. The number of amides is 1. The van der Waals surface area contributed by atoms with Crippen molar-refractivity contribution in [3.8, 4) is 0 Å². The monoisotopic (exact) mass is 233 g/mol. The number of rotatable bonds is 4. The van der Waals surface area contributed by atoms with E-state index in [0.29, 0.717) is 6.42 Å². The van der Waals surface area contributed by atoms with Gasteiger partial charge in [0.25, 0.3) is 0 Å². The van der Waals surface area contributed by atoms with Crippen LogP contribution in [0, 0.1) is 5.92 Å².